The van der Waals surface area contributed by atoms with Crippen LogP contribution in [0.25, 0.3) is 0 Å². The average Bonchev–Trinajstić information content (AvgIpc) is 2.41. The van der Waals surface area contributed by atoms with E-state index in [9.17, 15) is 13.2 Å². The Morgan fingerprint density at radius 1 is 1.29 bits per heavy atom. The molecule has 0 radical (unpaired) electrons. The lowest BCUT2D eigenvalue weighted by molar-refractivity contribution is -0.138. The zero-order valence-electron chi connectivity index (χ0n) is 12.7. The number of hydrogen-bond donors (Lipinski definition) is 1. The van der Waals surface area contributed by atoms with Gasteiger partial charge in [-0.05, 0) is 38.7 Å². The monoisotopic (exact) mass is 301 g/mol. The molecule has 0 aliphatic carbocycles. The van der Waals surface area contributed by atoms with Gasteiger partial charge < -0.3 is 15.1 Å². The van der Waals surface area contributed by atoms with Crippen molar-refractivity contribution < 1.29 is 13.2 Å². The van der Waals surface area contributed by atoms with Crippen LogP contribution in [-0.4, -0.2) is 44.7 Å². The lowest BCUT2D eigenvalue weighted by Crippen LogP contribution is -2.50. The van der Waals surface area contributed by atoms with E-state index in [0.29, 0.717) is 11.7 Å². The van der Waals surface area contributed by atoms with E-state index in [1.165, 1.54) is 6.07 Å². The molecule has 1 aliphatic heterocycles. The average molecular weight is 301 g/mol. The number of nitrogens with one attached hydrogen (secondary N) is 1. The lowest BCUT2D eigenvalue weighted by atomic mass is 10.0. The Hall–Kier alpha value is -1.27. The summed E-state index contributed by atoms with van der Waals surface area (Å²) >= 11 is 0. The van der Waals surface area contributed by atoms with Crippen LogP contribution in [0, 0.1) is 0 Å². The van der Waals surface area contributed by atoms with Crippen molar-refractivity contribution in [1.29, 1.82) is 0 Å². The molecule has 0 amide bonds. The highest BCUT2D eigenvalue weighted by molar-refractivity contribution is 5.52. The van der Waals surface area contributed by atoms with Crippen LogP contribution in [0.5, 0.6) is 0 Å². The minimum Gasteiger partial charge on any atom is -0.369 e. The Kier molecular flexibility index (Phi) is 4.78. The third-order valence-corrected chi connectivity index (χ3v) is 4.09. The van der Waals surface area contributed by atoms with Crippen LogP contribution < -0.4 is 10.2 Å². The number of piperazine rings is 1. The van der Waals surface area contributed by atoms with Crippen molar-refractivity contribution >= 4 is 5.69 Å². The Bertz CT molecular complexity index is 488. The Balaban J connectivity index is 2.29. The van der Waals surface area contributed by atoms with E-state index in [1.54, 1.807) is 19.2 Å². The summed E-state index contributed by atoms with van der Waals surface area (Å²) in [5.74, 6) is 0. The number of nitrogens with zero attached hydrogens (tertiary/aromatic N) is 2. The molecule has 0 bridgehead atoms. The number of anilines is 1. The van der Waals surface area contributed by atoms with Gasteiger partial charge in [0.1, 0.15) is 0 Å². The fraction of sp³-hybridized carbons (Fsp3) is 0.600. The smallest absolute Gasteiger partial charge is 0.369 e. The molecule has 3 nitrogen and oxygen atoms in total. The van der Waals surface area contributed by atoms with Crippen LogP contribution >= 0.6 is 0 Å². The quantitative estimate of drug-likeness (QED) is 0.926. The number of alkyl halides is 3. The number of hydrogen-bond acceptors (Lipinski definition) is 3. The van der Waals surface area contributed by atoms with Crippen LogP contribution in [0.15, 0.2) is 18.2 Å². The van der Waals surface area contributed by atoms with E-state index in [-0.39, 0.29) is 12.1 Å². The van der Waals surface area contributed by atoms with Gasteiger partial charge in [0.05, 0.1) is 5.56 Å². The normalized spacial score (nSPS) is 20.9. The molecule has 1 fully saturated rings. The third-order valence-electron chi connectivity index (χ3n) is 4.09. The van der Waals surface area contributed by atoms with Crippen LogP contribution in [0.4, 0.5) is 18.9 Å². The SMILES string of the molecule is CNCc1ccc(N2CCN(C)C(C)C2)cc1C(F)(F)F. The van der Waals surface area contributed by atoms with Crippen molar-refractivity contribution in [1.82, 2.24) is 10.2 Å². The van der Waals surface area contributed by atoms with Crippen molar-refractivity contribution in [2.24, 2.45) is 0 Å². The van der Waals surface area contributed by atoms with Gasteiger partial charge in [-0.2, -0.15) is 13.2 Å². The largest absolute Gasteiger partial charge is 0.416 e. The molecule has 118 valence electrons. The maximum absolute atomic E-state index is 13.2. The van der Waals surface area contributed by atoms with Gasteiger partial charge in [0.25, 0.3) is 0 Å². The zero-order valence-corrected chi connectivity index (χ0v) is 12.7. The summed E-state index contributed by atoms with van der Waals surface area (Å²) in [4.78, 5) is 4.25. The molecule has 1 saturated heterocycles. The molecule has 0 aromatic heterocycles. The van der Waals surface area contributed by atoms with E-state index in [0.717, 1.165) is 19.6 Å². The van der Waals surface area contributed by atoms with Gasteiger partial charge in [-0.3, -0.25) is 0 Å². The summed E-state index contributed by atoms with van der Waals surface area (Å²) in [5, 5.41) is 2.79. The molecular weight excluding hydrogens is 279 g/mol. The van der Waals surface area contributed by atoms with Gasteiger partial charge >= 0.3 is 6.18 Å². The molecule has 1 atom stereocenters. The molecule has 0 saturated carbocycles. The van der Waals surface area contributed by atoms with Crippen molar-refractivity contribution in [3.05, 3.63) is 29.3 Å². The van der Waals surface area contributed by atoms with Crippen LogP contribution in [-0.2, 0) is 12.7 Å². The highest BCUT2D eigenvalue weighted by atomic mass is 19.4. The molecule has 1 heterocycles. The highest BCUT2D eigenvalue weighted by Gasteiger charge is 2.34. The Labute approximate surface area is 123 Å². The maximum atomic E-state index is 13.2. The molecule has 1 aromatic rings. The second kappa shape index (κ2) is 6.23. The summed E-state index contributed by atoms with van der Waals surface area (Å²) < 4.78 is 39.6. The summed E-state index contributed by atoms with van der Waals surface area (Å²) in [5.41, 5.74) is 0.402. The molecule has 1 unspecified atom stereocenters. The lowest BCUT2D eigenvalue weighted by Gasteiger charge is -2.39. The number of rotatable bonds is 3. The van der Waals surface area contributed by atoms with Gasteiger partial charge in [-0.15, -0.1) is 0 Å². The van der Waals surface area contributed by atoms with Crippen molar-refractivity contribution in [2.45, 2.75) is 25.7 Å². The fourth-order valence-electron chi connectivity index (χ4n) is 2.65. The van der Waals surface area contributed by atoms with Crippen LogP contribution in [0.1, 0.15) is 18.1 Å². The topological polar surface area (TPSA) is 18.5 Å². The predicted octanol–water partition coefficient (Wildman–Crippen LogP) is 2.57. The third kappa shape index (κ3) is 3.68. The van der Waals surface area contributed by atoms with Crippen molar-refractivity contribution in [3.8, 4) is 0 Å². The van der Waals surface area contributed by atoms with Crippen molar-refractivity contribution in [2.75, 3.05) is 38.6 Å². The molecule has 21 heavy (non-hydrogen) atoms. The number of benzene rings is 1. The van der Waals surface area contributed by atoms with E-state index in [1.807, 2.05) is 11.9 Å². The summed E-state index contributed by atoms with van der Waals surface area (Å²) in [6.07, 6.45) is -4.32. The minimum absolute atomic E-state index is 0.217. The minimum atomic E-state index is -4.32. The Morgan fingerprint density at radius 2 is 2.00 bits per heavy atom. The van der Waals surface area contributed by atoms with Gasteiger partial charge in [-0.25, -0.2) is 0 Å². The number of likely N-dealkylation sites (N-methyl/N-ethyl adjacent to an activating group) is 1. The van der Waals surface area contributed by atoms with Crippen LogP contribution in [0.3, 0.4) is 0 Å². The Morgan fingerprint density at radius 3 is 2.57 bits per heavy atom. The highest BCUT2D eigenvalue weighted by Crippen LogP contribution is 2.35. The molecule has 0 spiro atoms. The standard InChI is InChI=1S/C15H22F3N3/c1-11-10-21(7-6-20(11)3)13-5-4-12(9-19-2)14(8-13)15(16,17)18/h4-5,8,11,19H,6-7,9-10H2,1-3H3. The van der Waals surface area contributed by atoms with Crippen LogP contribution in [0.2, 0.25) is 0 Å². The summed E-state index contributed by atoms with van der Waals surface area (Å²) in [7, 11) is 3.69. The van der Waals surface area contributed by atoms with E-state index in [4.69, 9.17) is 0 Å². The molecule has 6 heteroatoms. The first kappa shape index (κ1) is 16.1. The molecule has 1 aliphatic rings. The van der Waals surface area contributed by atoms with Crippen molar-refractivity contribution in [3.63, 3.8) is 0 Å². The van der Waals surface area contributed by atoms with Gasteiger partial charge in [0.2, 0.25) is 0 Å². The van der Waals surface area contributed by atoms with E-state index < -0.39 is 11.7 Å². The first-order valence-corrected chi connectivity index (χ1v) is 7.13. The molecule has 1 aromatic carbocycles. The molecular formula is C15H22F3N3. The molecule has 1 N–H and O–H groups in total. The second-order valence-corrected chi connectivity index (χ2v) is 5.65. The summed E-state index contributed by atoms with van der Waals surface area (Å²) in [6.45, 7) is 4.67. The van der Waals surface area contributed by atoms with E-state index >= 15 is 0 Å². The fourth-order valence-corrected chi connectivity index (χ4v) is 2.65. The second-order valence-electron chi connectivity index (χ2n) is 5.65. The van der Waals surface area contributed by atoms with Gasteiger partial charge in [0, 0.05) is 37.9 Å². The molecule has 2 rings (SSSR count). The number of halogens is 3. The first-order chi connectivity index (χ1) is 9.82. The first-order valence-electron chi connectivity index (χ1n) is 7.13. The predicted molar refractivity (Wildman–Crippen MR) is 78.5 cm³/mol. The zero-order chi connectivity index (χ0) is 15.6. The summed E-state index contributed by atoms with van der Waals surface area (Å²) in [6, 6.07) is 4.99. The maximum Gasteiger partial charge on any atom is 0.416 e. The van der Waals surface area contributed by atoms with Gasteiger partial charge in [0.15, 0.2) is 0 Å². The van der Waals surface area contributed by atoms with E-state index in [2.05, 4.69) is 17.1 Å². The van der Waals surface area contributed by atoms with Gasteiger partial charge in [-0.1, -0.05) is 6.07 Å².